The number of nitrogens with two attached hydrogens (primary N) is 2. The van der Waals surface area contributed by atoms with Crippen molar-refractivity contribution in [3.05, 3.63) is 23.4 Å². The molecule has 0 bridgehead atoms. The van der Waals surface area contributed by atoms with E-state index < -0.39 is 6.10 Å². The van der Waals surface area contributed by atoms with Crippen LogP contribution in [-0.4, -0.2) is 16.1 Å². The summed E-state index contributed by atoms with van der Waals surface area (Å²) in [7, 11) is 0. The number of pyridine rings is 1. The van der Waals surface area contributed by atoms with Crippen molar-refractivity contribution in [3.8, 4) is 0 Å². The van der Waals surface area contributed by atoms with Gasteiger partial charge < -0.3 is 16.6 Å². The fraction of sp³-hybridized carbons (Fsp3) is 0.500. The normalized spacial score (nSPS) is 15.1. The second-order valence-electron chi connectivity index (χ2n) is 3.49. The second kappa shape index (κ2) is 4.39. The van der Waals surface area contributed by atoms with Crippen molar-refractivity contribution < 1.29 is 5.11 Å². The number of rotatable bonds is 3. The van der Waals surface area contributed by atoms with E-state index in [1.807, 2.05) is 19.9 Å². The van der Waals surface area contributed by atoms with Gasteiger partial charge in [0.25, 0.3) is 0 Å². The molecule has 0 aliphatic rings. The number of hydrogen-bond donors (Lipinski definition) is 3. The van der Waals surface area contributed by atoms with E-state index in [1.54, 1.807) is 6.20 Å². The average Bonchev–Trinajstić information content (AvgIpc) is 2.20. The monoisotopic (exact) mass is 195 g/mol. The Morgan fingerprint density at radius 2 is 2.21 bits per heavy atom. The number of nitrogen functional groups attached to an aromatic ring is 1. The summed E-state index contributed by atoms with van der Waals surface area (Å²) in [5.41, 5.74) is 12.9. The minimum absolute atomic E-state index is 0.250. The number of nitrogens with zero attached hydrogens (tertiary/aromatic N) is 1. The van der Waals surface area contributed by atoms with E-state index in [-0.39, 0.29) is 6.04 Å². The summed E-state index contributed by atoms with van der Waals surface area (Å²) in [6, 6.07) is 1.57. The van der Waals surface area contributed by atoms with Gasteiger partial charge >= 0.3 is 0 Å². The van der Waals surface area contributed by atoms with Crippen molar-refractivity contribution in [2.45, 2.75) is 32.4 Å². The Morgan fingerprint density at radius 1 is 1.57 bits per heavy atom. The second-order valence-corrected chi connectivity index (χ2v) is 3.49. The fourth-order valence-corrected chi connectivity index (χ4v) is 1.24. The van der Waals surface area contributed by atoms with Crippen molar-refractivity contribution in [3.63, 3.8) is 0 Å². The van der Waals surface area contributed by atoms with Gasteiger partial charge in [0, 0.05) is 17.8 Å². The van der Waals surface area contributed by atoms with Crippen LogP contribution >= 0.6 is 0 Å². The molecule has 14 heavy (non-hydrogen) atoms. The van der Waals surface area contributed by atoms with Crippen LogP contribution in [0.2, 0.25) is 0 Å². The molecule has 4 heteroatoms. The summed E-state index contributed by atoms with van der Waals surface area (Å²) in [6.45, 7) is 3.79. The molecular weight excluding hydrogens is 178 g/mol. The van der Waals surface area contributed by atoms with Crippen LogP contribution in [0, 0.1) is 6.92 Å². The lowest BCUT2D eigenvalue weighted by molar-refractivity contribution is 0.144. The largest absolute Gasteiger partial charge is 0.387 e. The Bertz CT molecular complexity index is 314. The summed E-state index contributed by atoms with van der Waals surface area (Å²) in [6.07, 6.45) is 1.64. The number of aliphatic hydroxyl groups is 1. The van der Waals surface area contributed by atoms with Gasteiger partial charge in [-0.3, -0.25) is 0 Å². The molecule has 0 fully saturated rings. The number of hydrogen-bond acceptors (Lipinski definition) is 4. The third-order valence-corrected chi connectivity index (χ3v) is 2.36. The van der Waals surface area contributed by atoms with E-state index in [1.165, 1.54) is 0 Å². The molecule has 0 amide bonds. The summed E-state index contributed by atoms with van der Waals surface area (Å²) < 4.78 is 0. The van der Waals surface area contributed by atoms with Gasteiger partial charge in [-0.25, -0.2) is 4.98 Å². The van der Waals surface area contributed by atoms with Crippen LogP contribution < -0.4 is 11.5 Å². The Hall–Kier alpha value is -1.13. The van der Waals surface area contributed by atoms with Crippen molar-refractivity contribution in [2.24, 2.45) is 5.73 Å². The first-order chi connectivity index (χ1) is 6.56. The van der Waals surface area contributed by atoms with E-state index in [0.717, 1.165) is 17.5 Å². The lowest BCUT2D eigenvalue weighted by Crippen LogP contribution is -2.27. The Balaban J connectivity index is 2.91. The Labute approximate surface area is 83.9 Å². The molecule has 1 aromatic rings. The standard InChI is InChI=1S/C10H17N3O/c1-3-8(11)9(14)7-4-6(2)10(12)13-5-7/h4-5,8-9,14H,3,11H2,1-2H3,(H2,12,13)/t8-,9-/m0/s1. The lowest BCUT2D eigenvalue weighted by atomic mass is 10.0. The average molecular weight is 195 g/mol. The zero-order valence-electron chi connectivity index (χ0n) is 8.57. The molecule has 0 saturated carbocycles. The van der Waals surface area contributed by atoms with Crippen LogP contribution in [0.4, 0.5) is 5.82 Å². The summed E-state index contributed by atoms with van der Waals surface area (Å²) >= 11 is 0. The predicted molar refractivity (Wildman–Crippen MR) is 56.6 cm³/mol. The highest BCUT2D eigenvalue weighted by molar-refractivity contribution is 5.40. The van der Waals surface area contributed by atoms with Gasteiger partial charge in [0.05, 0.1) is 6.10 Å². The molecule has 78 valence electrons. The maximum atomic E-state index is 9.80. The highest BCUT2D eigenvalue weighted by Gasteiger charge is 2.15. The smallest absolute Gasteiger partial charge is 0.126 e. The van der Waals surface area contributed by atoms with Gasteiger partial charge in [0.1, 0.15) is 5.82 Å². The van der Waals surface area contributed by atoms with E-state index in [0.29, 0.717) is 5.82 Å². The van der Waals surface area contributed by atoms with Crippen LogP contribution in [0.5, 0.6) is 0 Å². The van der Waals surface area contributed by atoms with Crippen molar-refractivity contribution >= 4 is 5.82 Å². The maximum Gasteiger partial charge on any atom is 0.126 e. The number of aryl methyl sites for hydroxylation is 1. The SMILES string of the molecule is CC[C@H](N)[C@@H](O)c1cnc(N)c(C)c1. The van der Waals surface area contributed by atoms with Crippen LogP contribution in [0.15, 0.2) is 12.3 Å². The zero-order chi connectivity index (χ0) is 10.7. The van der Waals surface area contributed by atoms with Crippen LogP contribution in [0.25, 0.3) is 0 Å². The summed E-state index contributed by atoms with van der Waals surface area (Å²) in [5, 5.41) is 9.80. The molecular formula is C10H17N3O. The van der Waals surface area contributed by atoms with Crippen LogP contribution in [0.1, 0.15) is 30.6 Å². The lowest BCUT2D eigenvalue weighted by Gasteiger charge is -2.17. The van der Waals surface area contributed by atoms with Crippen molar-refractivity contribution in [1.82, 2.24) is 4.98 Å². The topological polar surface area (TPSA) is 85.2 Å². The van der Waals surface area contributed by atoms with Gasteiger partial charge in [-0.05, 0) is 25.0 Å². The quantitative estimate of drug-likeness (QED) is 0.664. The first-order valence-electron chi connectivity index (χ1n) is 4.72. The van der Waals surface area contributed by atoms with Crippen LogP contribution in [0.3, 0.4) is 0 Å². The van der Waals surface area contributed by atoms with E-state index >= 15 is 0 Å². The van der Waals surface area contributed by atoms with E-state index in [4.69, 9.17) is 11.5 Å². The first kappa shape index (κ1) is 10.9. The highest BCUT2D eigenvalue weighted by Crippen LogP contribution is 2.19. The number of aliphatic hydroxyl groups excluding tert-OH is 1. The number of aromatic nitrogens is 1. The Morgan fingerprint density at radius 3 is 2.71 bits per heavy atom. The molecule has 1 aromatic heterocycles. The third-order valence-electron chi connectivity index (χ3n) is 2.36. The van der Waals surface area contributed by atoms with Gasteiger partial charge in [0.15, 0.2) is 0 Å². The first-order valence-corrected chi connectivity index (χ1v) is 4.72. The molecule has 2 atom stereocenters. The maximum absolute atomic E-state index is 9.80. The molecule has 0 unspecified atom stereocenters. The molecule has 4 nitrogen and oxygen atoms in total. The minimum atomic E-state index is -0.660. The summed E-state index contributed by atoms with van der Waals surface area (Å²) in [4.78, 5) is 3.98. The van der Waals surface area contributed by atoms with Crippen molar-refractivity contribution in [1.29, 1.82) is 0 Å². The molecule has 0 spiro atoms. The van der Waals surface area contributed by atoms with Crippen molar-refractivity contribution in [2.75, 3.05) is 5.73 Å². The predicted octanol–water partition coefficient (Wildman–Crippen LogP) is 0.743. The number of anilines is 1. The highest BCUT2D eigenvalue weighted by atomic mass is 16.3. The van der Waals surface area contributed by atoms with Gasteiger partial charge in [-0.1, -0.05) is 6.92 Å². The molecule has 5 N–H and O–H groups in total. The van der Waals surface area contributed by atoms with Gasteiger partial charge in [0.2, 0.25) is 0 Å². The molecule has 0 radical (unpaired) electrons. The van der Waals surface area contributed by atoms with Crippen LogP contribution in [-0.2, 0) is 0 Å². The minimum Gasteiger partial charge on any atom is -0.387 e. The molecule has 0 aromatic carbocycles. The molecule has 0 aliphatic heterocycles. The van der Waals surface area contributed by atoms with Gasteiger partial charge in [-0.2, -0.15) is 0 Å². The van der Waals surface area contributed by atoms with E-state index in [2.05, 4.69) is 4.98 Å². The zero-order valence-corrected chi connectivity index (χ0v) is 8.57. The third kappa shape index (κ3) is 2.21. The summed E-state index contributed by atoms with van der Waals surface area (Å²) in [5.74, 6) is 0.492. The molecule has 1 rings (SSSR count). The Kier molecular flexibility index (Phi) is 3.43. The van der Waals surface area contributed by atoms with Gasteiger partial charge in [-0.15, -0.1) is 0 Å². The molecule has 1 heterocycles. The molecule has 0 saturated heterocycles. The van der Waals surface area contributed by atoms with E-state index in [9.17, 15) is 5.11 Å². The molecule has 0 aliphatic carbocycles. The fourth-order valence-electron chi connectivity index (χ4n) is 1.24.